The minimum absolute atomic E-state index is 0.564. The molecule has 0 saturated carbocycles. The first kappa shape index (κ1) is 20.2. The molecule has 4 rings (SSSR count). The zero-order valence-corrected chi connectivity index (χ0v) is 17.6. The fourth-order valence-corrected chi connectivity index (χ4v) is 3.44. The number of benzene rings is 4. The average Bonchev–Trinajstić information content (AvgIpc) is 2.81. The number of nitrogens with two attached hydrogens (primary N) is 1. The molecule has 0 atom stereocenters. The van der Waals surface area contributed by atoms with Gasteiger partial charge in [-0.3, -0.25) is 0 Å². The maximum atomic E-state index is 5.98. The first-order chi connectivity index (χ1) is 15.0. The van der Waals surface area contributed by atoms with Gasteiger partial charge in [-0.1, -0.05) is 97.6 Å². The molecule has 0 bridgehead atoms. The van der Waals surface area contributed by atoms with Crippen LogP contribution >= 0.6 is 0 Å². The Kier molecular flexibility index (Phi) is 5.72. The SMILES string of the molecule is C=C(C)c1ccc(-c2ccc(-c3cccc(C(=C)Oc4ccccc4N)c3)cc2)cc1. The van der Waals surface area contributed by atoms with Crippen molar-refractivity contribution in [1.82, 2.24) is 0 Å². The minimum Gasteiger partial charge on any atom is -0.455 e. The molecule has 2 heteroatoms. The number of rotatable bonds is 6. The fourth-order valence-electron chi connectivity index (χ4n) is 3.44. The lowest BCUT2D eigenvalue weighted by atomic mass is 9.98. The van der Waals surface area contributed by atoms with Crippen LogP contribution in [0.3, 0.4) is 0 Å². The van der Waals surface area contributed by atoms with Gasteiger partial charge in [-0.2, -0.15) is 0 Å². The van der Waals surface area contributed by atoms with Crippen molar-refractivity contribution in [2.24, 2.45) is 0 Å². The van der Waals surface area contributed by atoms with Gasteiger partial charge in [0.1, 0.15) is 11.5 Å². The zero-order valence-electron chi connectivity index (χ0n) is 17.6. The first-order valence-corrected chi connectivity index (χ1v) is 10.2. The number of para-hydroxylation sites is 2. The largest absolute Gasteiger partial charge is 0.455 e. The minimum atomic E-state index is 0.564. The second-order valence-corrected chi connectivity index (χ2v) is 7.58. The van der Waals surface area contributed by atoms with E-state index in [4.69, 9.17) is 10.5 Å². The summed E-state index contributed by atoms with van der Waals surface area (Å²) in [6.45, 7) is 10.1. The highest BCUT2D eigenvalue weighted by Crippen LogP contribution is 2.29. The molecule has 31 heavy (non-hydrogen) atoms. The highest BCUT2D eigenvalue weighted by atomic mass is 16.5. The summed E-state index contributed by atoms with van der Waals surface area (Å²) in [5, 5.41) is 0. The van der Waals surface area contributed by atoms with Gasteiger partial charge in [0, 0.05) is 5.56 Å². The summed E-state index contributed by atoms with van der Waals surface area (Å²) in [4.78, 5) is 0. The molecule has 0 spiro atoms. The van der Waals surface area contributed by atoms with Crippen molar-refractivity contribution in [3.63, 3.8) is 0 Å². The number of allylic oxidation sites excluding steroid dienone is 1. The summed E-state index contributed by atoms with van der Waals surface area (Å²) in [6.07, 6.45) is 0. The van der Waals surface area contributed by atoms with Crippen molar-refractivity contribution >= 4 is 17.0 Å². The van der Waals surface area contributed by atoms with Crippen LogP contribution in [-0.2, 0) is 0 Å². The van der Waals surface area contributed by atoms with Crippen molar-refractivity contribution in [3.05, 3.63) is 121 Å². The Balaban J connectivity index is 1.54. The Morgan fingerprint density at radius 3 is 1.84 bits per heavy atom. The van der Waals surface area contributed by atoms with Crippen LogP contribution in [0.25, 0.3) is 33.6 Å². The molecule has 0 unspecified atom stereocenters. The van der Waals surface area contributed by atoms with E-state index in [-0.39, 0.29) is 0 Å². The molecule has 2 N–H and O–H groups in total. The molecular formula is C29H25NO. The van der Waals surface area contributed by atoms with Crippen LogP contribution in [0, 0.1) is 0 Å². The van der Waals surface area contributed by atoms with Crippen LogP contribution in [0.15, 0.2) is 110 Å². The van der Waals surface area contributed by atoms with Crippen LogP contribution in [0.1, 0.15) is 18.1 Å². The van der Waals surface area contributed by atoms with Crippen molar-refractivity contribution in [3.8, 4) is 28.0 Å². The van der Waals surface area contributed by atoms with Gasteiger partial charge < -0.3 is 10.5 Å². The molecule has 4 aromatic carbocycles. The van der Waals surface area contributed by atoms with Gasteiger partial charge in [-0.15, -0.1) is 0 Å². The fraction of sp³-hybridized carbons (Fsp3) is 0.0345. The van der Waals surface area contributed by atoms with E-state index < -0.39 is 0 Å². The summed E-state index contributed by atoms with van der Waals surface area (Å²) >= 11 is 0. The van der Waals surface area contributed by atoms with Crippen molar-refractivity contribution in [2.45, 2.75) is 6.92 Å². The van der Waals surface area contributed by atoms with Crippen LogP contribution in [0.4, 0.5) is 5.69 Å². The van der Waals surface area contributed by atoms with E-state index in [0.717, 1.165) is 27.8 Å². The third-order valence-electron chi connectivity index (χ3n) is 5.27. The van der Waals surface area contributed by atoms with E-state index >= 15 is 0 Å². The highest BCUT2D eigenvalue weighted by molar-refractivity contribution is 5.74. The molecule has 152 valence electrons. The Bertz CT molecular complexity index is 1230. The number of ether oxygens (including phenoxy) is 1. The number of nitrogen functional groups attached to an aromatic ring is 1. The van der Waals surface area contributed by atoms with Gasteiger partial charge in [-0.05, 0) is 52.9 Å². The Morgan fingerprint density at radius 2 is 1.23 bits per heavy atom. The maximum absolute atomic E-state index is 5.98. The van der Waals surface area contributed by atoms with E-state index in [0.29, 0.717) is 17.2 Å². The second kappa shape index (κ2) is 8.76. The number of hydrogen-bond acceptors (Lipinski definition) is 2. The molecule has 0 radical (unpaired) electrons. The molecule has 0 saturated heterocycles. The van der Waals surface area contributed by atoms with Crippen LogP contribution < -0.4 is 10.5 Å². The molecule has 4 aromatic rings. The molecule has 0 aliphatic carbocycles. The second-order valence-electron chi connectivity index (χ2n) is 7.58. The number of hydrogen-bond donors (Lipinski definition) is 1. The van der Waals surface area contributed by atoms with E-state index in [1.165, 1.54) is 11.1 Å². The van der Waals surface area contributed by atoms with Gasteiger partial charge in [0.15, 0.2) is 0 Å². The lowest BCUT2D eigenvalue weighted by molar-refractivity contribution is 0.519. The van der Waals surface area contributed by atoms with Crippen molar-refractivity contribution < 1.29 is 4.74 Å². The van der Waals surface area contributed by atoms with Gasteiger partial charge in [0.2, 0.25) is 0 Å². The molecule has 2 nitrogen and oxygen atoms in total. The number of anilines is 1. The summed E-state index contributed by atoms with van der Waals surface area (Å²) in [6, 6.07) is 32.7. The van der Waals surface area contributed by atoms with Gasteiger partial charge in [0.05, 0.1) is 5.69 Å². The first-order valence-electron chi connectivity index (χ1n) is 10.2. The smallest absolute Gasteiger partial charge is 0.150 e. The predicted octanol–water partition coefficient (Wildman–Crippen LogP) is 7.69. The standard InChI is InChI=1S/C29H25NO/c1-20(2)22-11-13-23(14-12-22)24-15-17-25(18-16-24)27-8-6-7-26(19-27)21(3)31-29-10-5-4-9-28(29)30/h4-19H,1,3,30H2,2H3. The van der Waals surface area contributed by atoms with Crippen molar-refractivity contribution in [1.29, 1.82) is 0 Å². The monoisotopic (exact) mass is 403 g/mol. The van der Waals surface area contributed by atoms with Crippen LogP contribution in [0.2, 0.25) is 0 Å². The van der Waals surface area contributed by atoms with E-state index in [9.17, 15) is 0 Å². The van der Waals surface area contributed by atoms with Crippen LogP contribution in [-0.4, -0.2) is 0 Å². The third kappa shape index (κ3) is 4.59. The average molecular weight is 404 g/mol. The summed E-state index contributed by atoms with van der Waals surface area (Å²) in [5.74, 6) is 1.17. The topological polar surface area (TPSA) is 35.2 Å². The van der Waals surface area contributed by atoms with E-state index in [1.807, 2.05) is 43.3 Å². The van der Waals surface area contributed by atoms with Crippen LogP contribution in [0.5, 0.6) is 5.75 Å². The Hall–Kier alpha value is -4.04. The molecule has 0 aromatic heterocycles. The molecular weight excluding hydrogens is 378 g/mol. The van der Waals surface area contributed by atoms with E-state index in [2.05, 4.69) is 73.8 Å². The quantitative estimate of drug-likeness (QED) is 0.265. The van der Waals surface area contributed by atoms with Gasteiger partial charge >= 0.3 is 0 Å². The maximum Gasteiger partial charge on any atom is 0.150 e. The van der Waals surface area contributed by atoms with Gasteiger partial charge in [-0.25, -0.2) is 0 Å². The predicted molar refractivity (Wildman–Crippen MR) is 133 cm³/mol. The van der Waals surface area contributed by atoms with E-state index in [1.54, 1.807) is 0 Å². The lowest BCUT2D eigenvalue weighted by Crippen LogP contribution is -1.97. The molecule has 0 aliphatic rings. The zero-order chi connectivity index (χ0) is 21.8. The Morgan fingerprint density at radius 1 is 0.645 bits per heavy atom. The molecule has 0 fully saturated rings. The molecule has 0 amide bonds. The Labute approximate surface area is 184 Å². The molecule has 0 aliphatic heterocycles. The summed E-state index contributed by atoms with van der Waals surface area (Å²) in [7, 11) is 0. The third-order valence-corrected chi connectivity index (χ3v) is 5.27. The highest BCUT2D eigenvalue weighted by Gasteiger charge is 2.07. The summed E-state index contributed by atoms with van der Waals surface area (Å²) in [5.41, 5.74) is 14.3. The normalized spacial score (nSPS) is 10.5. The summed E-state index contributed by atoms with van der Waals surface area (Å²) < 4.78 is 5.90. The molecule has 0 heterocycles. The lowest BCUT2D eigenvalue weighted by Gasteiger charge is -2.12. The van der Waals surface area contributed by atoms with Gasteiger partial charge in [0.25, 0.3) is 0 Å². The van der Waals surface area contributed by atoms with Crippen molar-refractivity contribution in [2.75, 3.05) is 5.73 Å².